The first-order chi connectivity index (χ1) is 18.4. The van der Waals surface area contributed by atoms with Crippen LogP contribution >= 0.6 is 11.6 Å². The molecule has 1 saturated heterocycles. The van der Waals surface area contributed by atoms with Crippen molar-refractivity contribution in [2.45, 2.75) is 11.3 Å². The summed E-state index contributed by atoms with van der Waals surface area (Å²) in [6.45, 7) is 3.70. The molecular formula is C25H31ClN6O5S. The van der Waals surface area contributed by atoms with Crippen LogP contribution in [0.3, 0.4) is 0 Å². The van der Waals surface area contributed by atoms with Gasteiger partial charge in [0.25, 0.3) is 0 Å². The fourth-order valence-corrected chi connectivity index (χ4v) is 5.24. The molecule has 13 heteroatoms. The van der Waals surface area contributed by atoms with Crippen LogP contribution in [0.15, 0.2) is 53.6 Å². The number of nitrogens with zero attached hydrogens (tertiary/aromatic N) is 3. The molecule has 2 heterocycles. The molecule has 4 rings (SSSR count). The molecule has 11 nitrogen and oxygen atoms in total. The van der Waals surface area contributed by atoms with E-state index in [1.54, 1.807) is 32.4 Å². The maximum atomic E-state index is 12.9. The maximum absolute atomic E-state index is 12.9. The third kappa shape index (κ3) is 7.03. The zero-order chi connectivity index (χ0) is 27.0. The van der Waals surface area contributed by atoms with Crippen LogP contribution in [0, 0.1) is 0 Å². The Morgan fingerprint density at radius 3 is 2.63 bits per heavy atom. The van der Waals surface area contributed by atoms with Gasteiger partial charge in [-0.1, -0.05) is 23.7 Å². The number of benzene rings is 2. The lowest BCUT2D eigenvalue weighted by atomic mass is 10.2. The molecule has 0 saturated carbocycles. The molecule has 38 heavy (non-hydrogen) atoms. The number of rotatable bonds is 12. The number of methoxy groups -OCH3 is 2. The largest absolute Gasteiger partial charge is 0.494 e. The highest BCUT2D eigenvalue weighted by molar-refractivity contribution is 7.89. The minimum Gasteiger partial charge on any atom is -0.494 e. The molecule has 0 atom stereocenters. The zero-order valence-electron chi connectivity index (χ0n) is 21.2. The van der Waals surface area contributed by atoms with E-state index in [0.29, 0.717) is 43.4 Å². The summed E-state index contributed by atoms with van der Waals surface area (Å²) >= 11 is 6.36. The van der Waals surface area contributed by atoms with Crippen LogP contribution in [0.4, 0.5) is 28.8 Å². The van der Waals surface area contributed by atoms with Crippen LogP contribution in [-0.2, 0) is 19.5 Å². The van der Waals surface area contributed by atoms with Crippen LogP contribution in [0.5, 0.6) is 5.75 Å². The minimum absolute atomic E-state index is 0.0713. The van der Waals surface area contributed by atoms with Gasteiger partial charge in [-0.15, -0.1) is 0 Å². The quantitative estimate of drug-likeness (QED) is 0.281. The number of nitrogens with one attached hydrogen (secondary N) is 3. The van der Waals surface area contributed by atoms with Crippen LogP contribution < -0.4 is 25.0 Å². The smallest absolute Gasteiger partial charge is 0.242 e. The van der Waals surface area contributed by atoms with Crippen molar-refractivity contribution < 1.29 is 22.6 Å². The van der Waals surface area contributed by atoms with Crippen LogP contribution in [0.1, 0.15) is 6.42 Å². The monoisotopic (exact) mass is 562 g/mol. The van der Waals surface area contributed by atoms with E-state index >= 15 is 0 Å². The van der Waals surface area contributed by atoms with E-state index in [-0.39, 0.29) is 28.2 Å². The van der Waals surface area contributed by atoms with E-state index in [0.717, 1.165) is 18.8 Å². The molecule has 204 valence electrons. The third-order valence-electron chi connectivity index (χ3n) is 5.80. The lowest BCUT2D eigenvalue weighted by Gasteiger charge is -2.29. The summed E-state index contributed by atoms with van der Waals surface area (Å²) < 4.78 is 44.4. The van der Waals surface area contributed by atoms with Gasteiger partial charge in [-0.2, -0.15) is 4.98 Å². The Morgan fingerprint density at radius 2 is 1.87 bits per heavy atom. The minimum atomic E-state index is -3.78. The molecule has 3 N–H and O–H groups in total. The van der Waals surface area contributed by atoms with Crippen LogP contribution in [0.2, 0.25) is 5.02 Å². The van der Waals surface area contributed by atoms with Crippen molar-refractivity contribution in [2.75, 3.05) is 69.2 Å². The fourth-order valence-electron chi connectivity index (χ4n) is 3.87. The first kappa shape index (κ1) is 27.9. The summed E-state index contributed by atoms with van der Waals surface area (Å²) in [6.07, 6.45) is 1.99. The molecule has 1 aromatic heterocycles. The highest BCUT2D eigenvalue weighted by atomic mass is 35.5. The van der Waals surface area contributed by atoms with Gasteiger partial charge >= 0.3 is 0 Å². The maximum Gasteiger partial charge on any atom is 0.242 e. The van der Waals surface area contributed by atoms with Crippen molar-refractivity contribution >= 4 is 50.5 Å². The summed E-state index contributed by atoms with van der Waals surface area (Å²) in [7, 11) is -0.618. The van der Waals surface area contributed by atoms with Gasteiger partial charge in [-0.3, -0.25) is 0 Å². The molecule has 0 unspecified atom stereocenters. The first-order valence-electron chi connectivity index (χ1n) is 12.1. The van der Waals surface area contributed by atoms with Gasteiger partial charge in [0.1, 0.15) is 15.7 Å². The van der Waals surface area contributed by atoms with Crippen LogP contribution in [0.25, 0.3) is 0 Å². The number of anilines is 5. The second-order valence-electron chi connectivity index (χ2n) is 8.36. The van der Waals surface area contributed by atoms with Gasteiger partial charge in [0.2, 0.25) is 16.0 Å². The summed E-state index contributed by atoms with van der Waals surface area (Å²) in [5.74, 6) is 1.13. The molecule has 1 aliphatic rings. The summed E-state index contributed by atoms with van der Waals surface area (Å²) in [4.78, 5) is 11.1. The Hall–Kier alpha value is -3.16. The first-order valence-corrected chi connectivity index (χ1v) is 13.9. The van der Waals surface area contributed by atoms with E-state index in [1.165, 1.54) is 12.3 Å². The second-order valence-corrected chi connectivity index (χ2v) is 10.5. The molecule has 1 fully saturated rings. The van der Waals surface area contributed by atoms with Gasteiger partial charge in [0.05, 0.1) is 37.9 Å². The number of morpholine rings is 1. The normalized spacial score (nSPS) is 13.8. The highest BCUT2D eigenvalue weighted by Crippen LogP contribution is 2.33. The SMILES string of the molecule is COCCCNS(=O)(=O)c1ccccc1Nc1nc(Nc2ccc(N3CCOCC3)cc2OC)ncc1Cl. The Kier molecular flexibility index (Phi) is 9.58. The molecule has 0 aliphatic carbocycles. The van der Waals surface area contributed by atoms with Crippen molar-refractivity contribution in [3.05, 3.63) is 53.7 Å². The van der Waals surface area contributed by atoms with Crippen molar-refractivity contribution in [1.82, 2.24) is 14.7 Å². The van der Waals surface area contributed by atoms with Gasteiger partial charge in [-0.05, 0) is 30.7 Å². The number of hydrogen-bond acceptors (Lipinski definition) is 10. The van der Waals surface area contributed by atoms with Gasteiger partial charge in [0.15, 0.2) is 5.82 Å². The van der Waals surface area contributed by atoms with Crippen molar-refractivity contribution in [2.24, 2.45) is 0 Å². The molecule has 3 aromatic rings. The molecule has 2 aromatic carbocycles. The van der Waals surface area contributed by atoms with Crippen LogP contribution in [-0.4, -0.2) is 72.1 Å². The lowest BCUT2D eigenvalue weighted by molar-refractivity contribution is 0.122. The predicted molar refractivity (Wildman–Crippen MR) is 148 cm³/mol. The van der Waals surface area contributed by atoms with E-state index in [1.807, 2.05) is 18.2 Å². The van der Waals surface area contributed by atoms with Gasteiger partial charge in [0, 0.05) is 45.1 Å². The number of aromatic nitrogens is 2. The van der Waals surface area contributed by atoms with E-state index in [9.17, 15) is 8.42 Å². The lowest BCUT2D eigenvalue weighted by Crippen LogP contribution is -2.36. The number of halogens is 1. The number of hydrogen-bond donors (Lipinski definition) is 3. The van der Waals surface area contributed by atoms with E-state index in [4.69, 9.17) is 25.8 Å². The molecule has 0 radical (unpaired) electrons. The Bertz CT molecular complexity index is 1340. The van der Waals surface area contributed by atoms with Crippen molar-refractivity contribution in [3.63, 3.8) is 0 Å². The van der Waals surface area contributed by atoms with E-state index in [2.05, 4.69) is 30.2 Å². The average molecular weight is 563 g/mol. The molecule has 1 aliphatic heterocycles. The Balaban J connectivity index is 1.53. The number of ether oxygens (including phenoxy) is 3. The standard InChI is InChI=1S/C25H31ClN6O5S/c1-35-13-5-10-28-38(33,34)23-7-4-3-6-21(23)29-24-19(26)17-27-25(31-24)30-20-9-8-18(16-22(20)36-2)32-11-14-37-15-12-32/h3-4,6-9,16-17,28H,5,10-15H2,1-2H3,(H2,27,29,30,31). The topological polar surface area (TPSA) is 127 Å². The van der Waals surface area contributed by atoms with Crippen molar-refractivity contribution in [1.29, 1.82) is 0 Å². The summed E-state index contributed by atoms with van der Waals surface area (Å²) in [5.41, 5.74) is 2.02. The summed E-state index contributed by atoms with van der Waals surface area (Å²) in [5, 5.41) is 6.43. The number of para-hydroxylation sites is 1. The second kappa shape index (κ2) is 13.1. The van der Waals surface area contributed by atoms with Gasteiger partial charge < -0.3 is 29.7 Å². The van der Waals surface area contributed by atoms with Gasteiger partial charge in [-0.25, -0.2) is 18.1 Å². The highest BCUT2D eigenvalue weighted by Gasteiger charge is 2.19. The molecular weight excluding hydrogens is 532 g/mol. The van der Waals surface area contributed by atoms with E-state index < -0.39 is 10.0 Å². The van der Waals surface area contributed by atoms with Crippen molar-refractivity contribution in [3.8, 4) is 5.75 Å². The average Bonchev–Trinajstić information content (AvgIpc) is 2.94. The fraction of sp³-hybridized carbons (Fsp3) is 0.360. The molecule has 0 bridgehead atoms. The summed E-state index contributed by atoms with van der Waals surface area (Å²) in [6, 6.07) is 12.4. The number of sulfonamides is 1. The third-order valence-corrected chi connectivity index (χ3v) is 7.59. The Labute approximate surface area is 227 Å². The molecule has 0 amide bonds. The Morgan fingerprint density at radius 1 is 1.08 bits per heavy atom. The molecule has 0 spiro atoms. The zero-order valence-corrected chi connectivity index (χ0v) is 22.8. The predicted octanol–water partition coefficient (Wildman–Crippen LogP) is 3.78.